The Morgan fingerprint density at radius 3 is 2.79 bits per heavy atom. The van der Waals surface area contributed by atoms with E-state index in [-0.39, 0.29) is 5.97 Å². The molecule has 0 aliphatic heterocycles. The second-order valence-corrected chi connectivity index (χ2v) is 4.49. The van der Waals surface area contributed by atoms with Gasteiger partial charge in [0.05, 0.1) is 12.9 Å². The Labute approximate surface area is 113 Å². The summed E-state index contributed by atoms with van der Waals surface area (Å²) >= 11 is 0. The number of hydrogen-bond donors (Lipinski definition) is 0. The Hall–Kier alpha value is -2.10. The molecule has 100 valence electrons. The Morgan fingerprint density at radius 1 is 1.37 bits per heavy atom. The summed E-state index contributed by atoms with van der Waals surface area (Å²) in [5, 5.41) is 0. The molecular weight excluding hydrogens is 240 g/mol. The summed E-state index contributed by atoms with van der Waals surface area (Å²) in [4.78, 5) is 15.6. The molecule has 0 radical (unpaired) electrons. The molecule has 1 aromatic carbocycles. The number of carbonyl (C=O) groups is 1. The van der Waals surface area contributed by atoms with Gasteiger partial charge >= 0.3 is 5.97 Å². The van der Waals surface area contributed by atoms with Crippen LogP contribution in [0.2, 0.25) is 0 Å². The molecule has 0 spiro atoms. The quantitative estimate of drug-likeness (QED) is 0.775. The average Bonchev–Trinajstić information content (AvgIpc) is 2.88. The van der Waals surface area contributed by atoms with Crippen molar-refractivity contribution in [3.8, 4) is 0 Å². The fraction of sp³-hybridized carbons (Fsp3) is 0.333. The maximum atomic E-state index is 11.5. The summed E-state index contributed by atoms with van der Waals surface area (Å²) in [5.41, 5.74) is 1.64. The summed E-state index contributed by atoms with van der Waals surface area (Å²) in [5.74, 6) is -0.000871. The van der Waals surface area contributed by atoms with Crippen molar-refractivity contribution in [3.63, 3.8) is 0 Å². The number of imidazole rings is 1. The molecule has 1 atom stereocenters. The second-order valence-electron chi connectivity index (χ2n) is 4.49. The zero-order chi connectivity index (χ0) is 13.7. The van der Waals surface area contributed by atoms with Crippen molar-refractivity contribution < 1.29 is 9.53 Å². The lowest BCUT2D eigenvalue weighted by Crippen LogP contribution is -2.06. The smallest absolute Gasteiger partial charge is 0.358 e. The van der Waals surface area contributed by atoms with Crippen LogP contribution in [0.15, 0.2) is 42.9 Å². The molecule has 4 nitrogen and oxygen atoms in total. The summed E-state index contributed by atoms with van der Waals surface area (Å²) < 4.78 is 6.84. The van der Waals surface area contributed by atoms with Crippen molar-refractivity contribution in [1.82, 2.24) is 9.55 Å². The summed E-state index contributed by atoms with van der Waals surface area (Å²) in [6.07, 6.45) is 3.41. The average molecular weight is 258 g/mol. The van der Waals surface area contributed by atoms with Crippen molar-refractivity contribution in [2.75, 3.05) is 6.61 Å². The maximum Gasteiger partial charge on any atom is 0.358 e. The van der Waals surface area contributed by atoms with Crippen molar-refractivity contribution in [3.05, 3.63) is 54.1 Å². The van der Waals surface area contributed by atoms with E-state index in [0.29, 0.717) is 18.2 Å². The maximum absolute atomic E-state index is 11.5. The van der Waals surface area contributed by atoms with Crippen LogP contribution in [-0.4, -0.2) is 22.1 Å². The molecule has 2 rings (SSSR count). The monoisotopic (exact) mass is 258 g/mol. The van der Waals surface area contributed by atoms with Crippen molar-refractivity contribution in [1.29, 1.82) is 0 Å². The first-order valence-electron chi connectivity index (χ1n) is 6.44. The number of ether oxygens (including phenoxy) is 1. The van der Waals surface area contributed by atoms with Crippen LogP contribution in [0.25, 0.3) is 0 Å². The van der Waals surface area contributed by atoms with Gasteiger partial charge in [-0.1, -0.05) is 37.3 Å². The zero-order valence-corrected chi connectivity index (χ0v) is 11.2. The SMILES string of the molecule is CCOC(=O)c1cn(CC(C)c2ccccc2)cn1. The van der Waals surface area contributed by atoms with Crippen molar-refractivity contribution in [2.45, 2.75) is 26.3 Å². The van der Waals surface area contributed by atoms with Gasteiger partial charge in [-0.3, -0.25) is 0 Å². The predicted molar refractivity (Wildman–Crippen MR) is 73.0 cm³/mol. The van der Waals surface area contributed by atoms with E-state index in [4.69, 9.17) is 4.74 Å². The van der Waals surface area contributed by atoms with Gasteiger partial charge in [0, 0.05) is 12.7 Å². The van der Waals surface area contributed by atoms with Crippen LogP contribution in [0.5, 0.6) is 0 Å². The number of nitrogens with zero attached hydrogens (tertiary/aromatic N) is 2. The van der Waals surface area contributed by atoms with E-state index in [2.05, 4.69) is 24.0 Å². The van der Waals surface area contributed by atoms with Crippen molar-refractivity contribution >= 4 is 5.97 Å². The van der Waals surface area contributed by atoms with Gasteiger partial charge in [-0.2, -0.15) is 0 Å². The van der Waals surface area contributed by atoms with E-state index < -0.39 is 0 Å². The molecule has 19 heavy (non-hydrogen) atoms. The van der Waals surface area contributed by atoms with E-state index >= 15 is 0 Å². The lowest BCUT2D eigenvalue weighted by Gasteiger charge is -2.12. The Balaban J connectivity index is 2.02. The van der Waals surface area contributed by atoms with Crippen LogP contribution < -0.4 is 0 Å². The minimum Gasteiger partial charge on any atom is -0.461 e. The standard InChI is InChI=1S/C15H18N2O2/c1-3-19-15(18)14-10-17(11-16-14)9-12(2)13-7-5-4-6-8-13/h4-8,10-12H,3,9H2,1-2H3. The van der Waals surface area contributed by atoms with Crippen LogP contribution in [0, 0.1) is 0 Å². The molecule has 0 aliphatic rings. The molecule has 0 saturated heterocycles. The molecule has 1 unspecified atom stereocenters. The third-order valence-corrected chi connectivity index (χ3v) is 2.97. The Morgan fingerprint density at radius 2 is 2.11 bits per heavy atom. The van der Waals surface area contributed by atoms with Crippen LogP contribution >= 0.6 is 0 Å². The zero-order valence-electron chi connectivity index (χ0n) is 11.2. The first kappa shape index (κ1) is 13.3. The van der Waals surface area contributed by atoms with Crippen LogP contribution in [0.3, 0.4) is 0 Å². The number of benzene rings is 1. The third-order valence-electron chi connectivity index (χ3n) is 2.97. The molecule has 1 aromatic heterocycles. The fourth-order valence-corrected chi connectivity index (χ4v) is 1.97. The number of esters is 1. The molecule has 0 N–H and O–H groups in total. The van der Waals surface area contributed by atoms with Gasteiger partial charge in [0.15, 0.2) is 5.69 Å². The summed E-state index contributed by atoms with van der Waals surface area (Å²) in [6, 6.07) is 10.3. The normalized spacial score (nSPS) is 12.1. The van der Waals surface area contributed by atoms with Crippen LogP contribution in [0.4, 0.5) is 0 Å². The highest BCUT2D eigenvalue weighted by molar-refractivity contribution is 5.86. The lowest BCUT2D eigenvalue weighted by molar-refractivity contribution is 0.0520. The van der Waals surface area contributed by atoms with Gasteiger partial charge in [0.25, 0.3) is 0 Å². The number of aromatic nitrogens is 2. The van der Waals surface area contributed by atoms with E-state index in [9.17, 15) is 4.79 Å². The van der Waals surface area contributed by atoms with E-state index in [0.717, 1.165) is 6.54 Å². The molecule has 0 amide bonds. The molecule has 2 aromatic rings. The van der Waals surface area contributed by atoms with E-state index in [1.807, 2.05) is 22.8 Å². The van der Waals surface area contributed by atoms with Crippen LogP contribution in [-0.2, 0) is 11.3 Å². The van der Waals surface area contributed by atoms with Gasteiger partial charge in [-0.15, -0.1) is 0 Å². The van der Waals surface area contributed by atoms with Gasteiger partial charge < -0.3 is 9.30 Å². The Bertz CT molecular complexity index is 534. The molecule has 1 heterocycles. The molecule has 0 fully saturated rings. The number of hydrogen-bond acceptors (Lipinski definition) is 3. The first-order valence-corrected chi connectivity index (χ1v) is 6.44. The third kappa shape index (κ3) is 3.44. The highest BCUT2D eigenvalue weighted by Gasteiger charge is 2.12. The second kappa shape index (κ2) is 6.18. The van der Waals surface area contributed by atoms with E-state index in [1.54, 1.807) is 19.4 Å². The summed E-state index contributed by atoms with van der Waals surface area (Å²) in [6.45, 7) is 5.09. The lowest BCUT2D eigenvalue weighted by atomic mass is 10.0. The molecule has 0 saturated carbocycles. The van der Waals surface area contributed by atoms with Gasteiger partial charge in [0.1, 0.15) is 0 Å². The number of carbonyl (C=O) groups excluding carboxylic acids is 1. The molecular formula is C15H18N2O2. The van der Waals surface area contributed by atoms with Crippen molar-refractivity contribution in [2.24, 2.45) is 0 Å². The largest absolute Gasteiger partial charge is 0.461 e. The molecule has 0 aliphatic carbocycles. The highest BCUT2D eigenvalue weighted by Crippen LogP contribution is 2.16. The fourth-order valence-electron chi connectivity index (χ4n) is 1.97. The Kier molecular flexibility index (Phi) is 4.34. The minimum absolute atomic E-state index is 0.363. The molecule has 4 heteroatoms. The summed E-state index contributed by atoms with van der Waals surface area (Å²) in [7, 11) is 0. The predicted octanol–water partition coefficient (Wildman–Crippen LogP) is 2.86. The van der Waals surface area contributed by atoms with Crippen LogP contribution in [0.1, 0.15) is 35.8 Å². The topological polar surface area (TPSA) is 44.1 Å². The van der Waals surface area contributed by atoms with Gasteiger partial charge in [0.2, 0.25) is 0 Å². The number of rotatable bonds is 5. The molecule has 0 bridgehead atoms. The first-order chi connectivity index (χ1) is 9.20. The highest BCUT2D eigenvalue weighted by atomic mass is 16.5. The minimum atomic E-state index is -0.367. The van der Waals surface area contributed by atoms with Gasteiger partial charge in [-0.25, -0.2) is 9.78 Å². The van der Waals surface area contributed by atoms with E-state index in [1.165, 1.54) is 5.56 Å². The van der Waals surface area contributed by atoms with Gasteiger partial charge in [-0.05, 0) is 18.4 Å².